The molecule has 0 amide bonds. The fraction of sp³-hybridized carbons (Fsp3) is 0. The topological polar surface area (TPSA) is 23.0 Å². The number of fused-ring (bicyclic) bond motifs is 9. The van der Waals surface area contributed by atoms with Crippen LogP contribution in [0, 0.1) is 0 Å². The zero-order chi connectivity index (χ0) is 37.5. The van der Waals surface area contributed by atoms with Crippen LogP contribution in [-0.2, 0) is 0 Å². The molecule has 266 valence electrons. The van der Waals surface area contributed by atoms with E-state index in [1.54, 1.807) is 0 Å². The van der Waals surface area contributed by atoms with Gasteiger partial charge in [-0.15, -0.1) is 0 Å². The molecule has 0 saturated carbocycles. The first kappa shape index (κ1) is 31.7. The number of furan rings is 1. The van der Waals surface area contributed by atoms with Crippen LogP contribution < -0.4 is 0 Å². The molecule has 0 aliphatic carbocycles. The summed E-state index contributed by atoms with van der Waals surface area (Å²) in [5, 5.41) is 7.23. The van der Waals surface area contributed by atoms with Crippen molar-refractivity contribution in [3.05, 3.63) is 206 Å². The van der Waals surface area contributed by atoms with E-state index in [-0.39, 0.29) is 0 Å². The minimum Gasteiger partial charge on any atom is -0.455 e. The molecule has 3 heterocycles. The largest absolute Gasteiger partial charge is 0.455 e. The van der Waals surface area contributed by atoms with Crippen LogP contribution >= 0.6 is 0 Å². The minimum atomic E-state index is 0.909. The number of para-hydroxylation sites is 5. The maximum Gasteiger partial charge on any atom is 0.143 e. The third-order valence-corrected chi connectivity index (χ3v) is 11.7. The molecule has 0 atom stereocenters. The quantitative estimate of drug-likeness (QED) is 0.173. The van der Waals surface area contributed by atoms with E-state index in [0.717, 1.165) is 44.4 Å². The number of nitrogens with zero attached hydrogens (tertiary/aromatic N) is 2. The lowest BCUT2D eigenvalue weighted by Gasteiger charge is -2.10. The van der Waals surface area contributed by atoms with Gasteiger partial charge in [0.15, 0.2) is 0 Å². The number of aromatic nitrogens is 2. The molecular weight excluding hydrogens is 693 g/mol. The molecule has 57 heavy (non-hydrogen) atoms. The molecule has 0 fully saturated rings. The molecule has 12 rings (SSSR count). The van der Waals surface area contributed by atoms with Crippen molar-refractivity contribution in [1.29, 1.82) is 0 Å². The number of rotatable bonds is 5. The number of hydrogen-bond donors (Lipinski definition) is 0. The lowest BCUT2D eigenvalue weighted by atomic mass is 9.94. The summed E-state index contributed by atoms with van der Waals surface area (Å²) < 4.78 is 11.3. The molecule has 0 unspecified atom stereocenters. The fourth-order valence-electron chi connectivity index (χ4n) is 9.18. The third kappa shape index (κ3) is 4.86. The monoisotopic (exact) mass is 726 g/mol. The van der Waals surface area contributed by atoms with Crippen LogP contribution in [0.15, 0.2) is 211 Å². The van der Waals surface area contributed by atoms with Gasteiger partial charge in [0.25, 0.3) is 0 Å². The minimum absolute atomic E-state index is 0.909. The van der Waals surface area contributed by atoms with Crippen molar-refractivity contribution in [1.82, 2.24) is 9.13 Å². The van der Waals surface area contributed by atoms with Crippen molar-refractivity contribution in [2.45, 2.75) is 0 Å². The Labute approximate surface area is 328 Å². The number of hydrogen-bond acceptors (Lipinski definition) is 1. The van der Waals surface area contributed by atoms with Crippen molar-refractivity contribution in [3.8, 4) is 44.8 Å². The standard InChI is InChI=1S/C54H34N2O/c1-3-16-39(17-4-1)55-48-25-9-7-20-43(48)46-33-35(28-30-49(46)55)36-29-31-50-47(34-36)53-41(22-13-26-51(53)56(50)40-18-5-2-6-19-40)37-14-11-15-38(32-37)42-23-12-24-45-44-21-8-10-27-52(44)57-54(42)45/h1-34H. The summed E-state index contributed by atoms with van der Waals surface area (Å²) in [4.78, 5) is 0. The maximum absolute atomic E-state index is 6.49. The van der Waals surface area contributed by atoms with Gasteiger partial charge in [-0.05, 0) is 101 Å². The molecule has 3 aromatic heterocycles. The summed E-state index contributed by atoms with van der Waals surface area (Å²) in [5.74, 6) is 0. The summed E-state index contributed by atoms with van der Waals surface area (Å²) in [7, 11) is 0. The molecule has 0 aliphatic heterocycles. The number of benzene rings is 9. The second-order valence-electron chi connectivity index (χ2n) is 14.9. The van der Waals surface area contributed by atoms with Gasteiger partial charge in [0, 0.05) is 49.3 Å². The zero-order valence-corrected chi connectivity index (χ0v) is 30.9. The highest BCUT2D eigenvalue weighted by Gasteiger charge is 2.19. The third-order valence-electron chi connectivity index (χ3n) is 11.7. The van der Waals surface area contributed by atoms with E-state index in [2.05, 4.69) is 203 Å². The second-order valence-corrected chi connectivity index (χ2v) is 14.9. The molecule has 0 aliphatic rings. The first-order valence-corrected chi connectivity index (χ1v) is 19.5. The summed E-state index contributed by atoms with van der Waals surface area (Å²) >= 11 is 0. The Balaban J connectivity index is 1.07. The zero-order valence-electron chi connectivity index (χ0n) is 30.9. The van der Waals surface area contributed by atoms with Crippen LogP contribution in [0.2, 0.25) is 0 Å². The van der Waals surface area contributed by atoms with Crippen molar-refractivity contribution in [2.24, 2.45) is 0 Å². The Morgan fingerprint density at radius 3 is 1.60 bits per heavy atom. The highest BCUT2D eigenvalue weighted by Crippen LogP contribution is 2.43. The SMILES string of the molecule is c1ccc(-n2c3ccccc3c3cc(-c4ccc5c(c4)c4c(-c6cccc(-c7cccc8c7oc7ccccc78)c6)cccc4n5-c4ccccc4)ccc32)cc1. The maximum atomic E-state index is 6.49. The van der Waals surface area contributed by atoms with Crippen LogP contribution in [0.5, 0.6) is 0 Å². The van der Waals surface area contributed by atoms with Crippen LogP contribution in [0.1, 0.15) is 0 Å². The Hall–Kier alpha value is -7.62. The van der Waals surface area contributed by atoms with Gasteiger partial charge in [-0.3, -0.25) is 0 Å². The summed E-state index contributed by atoms with van der Waals surface area (Å²) in [6.45, 7) is 0. The first-order valence-electron chi connectivity index (χ1n) is 19.5. The molecular formula is C54H34N2O. The van der Waals surface area contributed by atoms with Crippen LogP contribution in [-0.4, -0.2) is 9.13 Å². The van der Waals surface area contributed by atoms with Gasteiger partial charge in [0.05, 0.1) is 22.1 Å². The molecule has 0 spiro atoms. The molecule has 0 radical (unpaired) electrons. The van der Waals surface area contributed by atoms with Crippen molar-refractivity contribution in [2.75, 3.05) is 0 Å². The van der Waals surface area contributed by atoms with E-state index in [9.17, 15) is 0 Å². The molecule has 0 bridgehead atoms. The Bertz CT molecular complexity index is 3510. The molecule has 12 aromatic rings. The van der Waals surface area contributed by atoms with Gasteiger partial charge in [0.1, 0.15) is 11.2 Å². The lowest BCUT2D eigenvalue weighted by molar-refractivity contribution is 0.670. The predicted octanol–water partition coefficient (Wildman–Crippen LogP) is 14.8. The molecule has 3 heteroatoms. The van der Waals surface area contributed by atoms with E-state index >= 15 is 0 Å². The average Bonchev–Trinajstić information content (AvgIpc) is 3.94. The first-order chi connectivity index (χ1) is 28.3. The predicted molar refractivity (Wildman–Crippen MR) is 239 cm³/mol. The van der Waals surface area contributed by atoms with E-state index < -0.39 is 0 Å². The summed E-state index contributed by atoms with van der Waals surface area (Å²) in [6.07, 6.45) is 0. The molecule has 3 nitrogen and oxygen atoms in total. The Morgan fingerprint density at radius 1 is 0.298 bits per heavy atom. The van der Waals surface area contributed by atoms with E-state index in [0.29, 0.717) is 0 Å². The highest BCUT2D eigenvalue weighted by atomic mass is 16.3. The van der Waals surface area contributed by atoms with Crippen LogP contribution in [0.4, 0.5) is 0 Å². The fourth-order valence-corrected chi connectivity index (χ4v) is 9.18. The smallest absolute Gasteiger partial charge is 0.143 e. The van der Waals surface area contributed by atoms with E-state index in [4.69, 9.17) is 4.42 Å². The average molecular weight is 727 g/mol. The van der Waals surface area contributed by atoms with Crippen molar-refractivity contribution in [3.63, 3.8) is 0 Å². The van der Waals surface area contributed by atoms with Gasteiger partial charge in [-0.1, -0.05) is 133 Å². The normalized spacial score (nSPS) is 11.9. The van der Waals surface area contributed by atoms with Crippen LogP contribution in [0.3, 0.4) is 0 Å². The lowest BCUT2D eigenvalue weighted by Crippen LogP contribution is -1.93. The van der Waals surface area contributed by atoms with Crippen molar-refractivity contribution >= 4 is 65.6 Å². The van der Waals surface area contributed by atoms with E-state index in [1.165, 1.54) is 65.9 Å². The second kappa shape index (κ2) is 12.5. The van der Waals surface area contributed by atoms with Gasteiger partial charge in [-0.25, -0.2) is 0 Å². The van der Waals surface area contributed by atoms with Gasteiger partial charge < -0.3 is 13.6 Å². The van der Waals surface area contributed by atoms with Gasteiger partial charge in [0.2, 0.25) is 0 Å². The van der Waals surface area contributed by atoms with Gasteiger partial charge >= 0.3 is 0 Å². The summed E-state index contributed by atoms with van der Waals surface area (Å²) in [5.41, 5.74) is 15.9. The summed E-state index contributed by atoms with van der Waals surface area (Å²) in [6, 6.07) is 74.5. The van der Waals surface area contributed by atoms with Crippen LogP contribution in [0.25, 0.3) is 110 Å². The van der Waals surface area contributed by atoms with Gasteiger partial charge in [-0.2, -0.15) is 0 Å². The van der Waals surface area contributed by atoms with E-state index in [1.807, 2.05) is 12.1 Å². The van der Waals surface area contributed by atoms with Crippen molar-refractivity contribution < 1.29 is 4.42 Å². The highest BCUT2D eigenvalue weighted by molar-refractivity contribution is 6.17. The molecule has 0 saturated heterocycles. The Morgan fingerprint density at radius 2 is 0.825 bits per heavy atom. The molecule has 0 N–H and O–H groups in total. The molecule has 9 aromatic carbocycles. The Kier molecular flexibility index (Phi) is 6.93.